The number of hydrogen-bond donors (Lipinski definition) is 2. The molecule has 0 radical (unpaired) electrons. The van der Waals surface area contributed by atoms with Crippen LogP contribution in [0.15, 0.2) is 40.9 Å². The van der Waals surface area contributed by atoms with E-state index in [1.165, 1.54) is 11.3 Å². The Morgan fingerprint density at radius 3 is 3.04 bits per heavy atom. The smallest absolute Gasteiger partial charge is 0.191 e. The minimum absolute atomic E-state index is 0.372. The van der Waals surface area contributed by atoms with E-state index in [0.717, 1.165) is 70.2 Å². The van der Waals surface area contributed by atoms with Crippen LogP contribution in [0.3, 0.4) is 0 Å². The van der Waals surface area contributed by atoms with Crippen LogP contribution >= 0.6 is 0 Å². The Balaban J connectivity index is 1.50. The highest BCUT2D eigenvalue weighted by Crippen LogP contribution is 2.29. The second kappa shape index (κ2) is 10.2. The summed E-state index contributed by atoms with van der Waals surface area (Å²) in [6.07, 6.45) is 6.59. The molecule has 0 spiro atoms. The van der Waals surface area contributed by atoms with Crippen molar-refractivity contribution in [2.75, 3.05) is 51.9 Å². The Morgan fingerprint density at radius 1 is 1.37 bits per heavy atom. The lowest BCUT2D eigenvalue weighted by atomic mass is 10.0. The SMILES string of the molecule is CN=C(NCCC1=CCOCC1)NC1CCCN(c2ccccc2OC)C1. The summed E-state index contributed by atoms with van der Waals surface area (Å²) in [5.41, 5.74) is 2.64. The molecule has 1 saturated heterocycles. The van der Waals surface area contributed by atoms with Gasteiger partial charge < -0.3 is 25.0 Å². The van der Waals surface area contributed by atoms with Crippen molar-refractivity contribution >= 4 is 11.6 Å². The van der Waals surface area contributed by atoms with Crippen molar-refractivity contribution in [3.63, 3.8) is 0 Å². The van der Waals surface area contributed by atoms with Crippen molar-refractivity contribution in [1.29, 1.82) is 0 Å². The van der Waals surface area contributed by atoms with E-state index in [1.807, 2.05) is 19.2 Å². The summed E-state index contributed by atoms with van der Waals surface area (Å²) in [6, 6.07) is 8.62. The Kier molecular flexibility index (Phi) is 7.39. The second-order valence-electron chi connectivity index (χ2n) is 7.04. The number of guanidine groups is 1. The largest absolute Gasteiger partial charge is 0.495 e. The fourth-order valence-corrected chi connectivity index (χ4v) is 3.73. The molecule has 6 nitrogen and oxygen atoms in total. The number of rotatable bonds is 6. The van der Waals surface area contributed by atoms with Crippen LogP contribution in [0.2, 0.25) is 0 Å². The van der Waals surface area contributed by atoms with E-state index in [1.54, 1.807) is 7.11 Å². The molecule has 1 aromatic rings. The highest BCUT2D eigenvalue weighted by Gasteiger charge is 2.22. The standard InChI is InChI=1S/C21H32N4O2/c1-22-21(23-12-9-17-10-14-27-15-11-17)24-18-6-5-13-25(16-18)19-7-3-4-8-20(19)26-2/h3-4,7-8,10,18H,5-6,9,11-16H2,1-2H3,(H2,22,23,24). The van der Waals surface area contributed by atoms with Crippen LogP contribution in [-0.2, 0) is 4.74 Å². The molecule has 0 aliphatic carbocycles. The Bertz CT molecular complexity index is 659. The number of anilines is 1. The first-order valence-corrected chi connectivity index (χ1v) is 9.91. The van der Waals surface area contributed by atoms with Gasteiger partial charge in [0.2, 0.25) is 0 Å². The van der Waals surface area contributed by atoms with E-state index in [-0.39, 0.29) is 0 Å². The molecule has 2 aliphatic heterocycles. The third kappa shape index (κ3) is 5.63. The summed E-state index contributed by atoms with van der Waals surface area (Å²) >= 11 is 0. The van der Waals surface area contributed by atoms with E-state index in [2.05, 4.69) is 38.7 Å². The number of methoxy groups -OCH3 is 1. The molecule has 0 bridgehead atoms. The molecule has 27 heavy (non-hydrogen) atoms. The van der Waals surface area contributed by atoms with Gasteiger partial charge in [0.25, 0.3) is 0 Å². The lowest BCUT2D eigenvalue weighted by Gasteiger charge is -2.36. The van der Waals surface area contributed by atoms with Gasteiger partial charge in [0, 0.05) is 32.7 Å². The van der Waals surface area contributed by atoms with Gasteiger partial charge in [-0.1, -0.05) is 23.8 Å². The van der Waals surface area contributed by atoms with Gasteiger partial charge in [0.1, 0.15) is 5.75 Å². The van der Waals surface area contributed by atoms with Gasteiger partial charge in [-0.25, -0.2) is 0 Å². The zero-order chi connectivity index (χ0) is 18.9. The molecule has 148 valence electrons. The van der Waals surface area contributed by atoms with Crippen LogP contribution in [0, 0.1) is 0 Å². The number of hydrogen-bond acceptors (Lipinski definition) is 4. The molecule has 0 amide bonds. The average Bonchev–Trinajstić information content (AvgIpc) is 2.74. The summed E-state index contributed by atoms with van der Waals surface area (Å²) in [5.74, 6) is 1.82. The summed E-state index contributed by atoms with van der Waals surface area (Å²) in [5, 5.41) is 7.05. The van der Waals surface area contributed by atoms with E-state index in [0.29, 0.717) is 6.04 Å². The molecule has 2 aliphatic rings. The fraction of sp³-hybridized carbons (Fsp3) is 0.571. The Labute approximate surface area is 162 Å². The molecule has 2 N–H and O–H groups in total. The minimum Gasteiger partial charge on any atom is -0.495 e. The van der Waals surface area contributed by atoms with Crippen LogP contribution in [0.1, 0.15) is 25.7 Å². The molecule has 1 unspecified atom stereocenters. The van der Waals surface area contributed by atoms with Gasteiger partial charge in [-0.2, -0.15) is 0 Å². The zero-order valence-electron chi connectivity index (χ0n) is 16.5. The second-order valence-corrected chi connectivity index (χ2v) is 7.04. The maximum absolute atomic E-state index is 5.53. The number of para-hydroxylation sites is 2. The van der Waals surface area contributed by atoms with Crippen molar-refractivity contribution in [3.05, 3.63) is 35.9 Å². The van der Waals surface area contributed by atoms with Crippen LogP contribution < -0.4 is 20.3 Å². The maximum atomic E-state index is 5.53. The normalized spacial score (nSPS) is 20.8. The van der Waals surface area contributed by atoms with Crippen LogP contribution in [0.4, 0.5) is 5.69 Å². The predicted molar refractivity (Wildman–Crippen MR) is 111 cm³/mol. The van der Waals surface area contributed by atoms with E-state index < -0.39 is 0 Å². The number of benzene rings is 1. The Hall–Kier alpha value is -2.21. The van der Waals surface area contributed by atoms with Crippen molar-refractivity contribution in [1.82, 2.24) is 10.6 Å². The van der Waals surface area contributed by atoms with Gasteiger partial charge in [-0.3, -0.25) is 4.99 Å². The molecule has 1 fully saturated rings. The van der Waals surface area contributed by atoms with Gasteiger partial charge in [-0.05, 0) is 37.8 Å². The van der Waals surface area contributed by atoms with Crippen molar-refractivity contribution < 1.29 is 9.47 Å². The van der Waals surface area contributed by atoms with E-state index >= 15 is 0 Å². The van der Waals surface area contributed by atoms with Crippen molar-refractivity contribution in [2.45, 2.75) is 31.7 Å². The first kappa shape index (κ1) is 19.5. The highest BCUT2D eigenvalue weighted by molar-refractivity contribution is 5.80. The Morgan fingerprint density at radius 2 is 2.26 bits per heavy atom. The maximum Gasteiger partial charge on any atom is 0.191 e. The summed E-state index contributed by atoms with van der Waals surface area (Å²) in [4.78, 5) is 6.81. The molecular weight excluding hydrogens is 340 g/mol. The van der Waals surface area contributed by atoms with Crippen molar-refractivity contribution in [2.24, 2.45) is 4.99 Å². The third-order valence-electron chi connectivity index (χ3n) is 5.21. The first-order valence-electron chi connectivity index (χ1n) is 9.91. The van der Waals surface area contributed by atoms with Gasteiger partial charge >= 0.3 is 0 Å². The summed E-state index contributed by atoms with van der Waals surface area (Å²) in [6.45, 7) is 4.50. The monoisotopic (exact) mass is 372 g/mol. The van der Waals surface area contributed by atoms with Crippen LogP contribution in [-0.4, -0.2) is 59.0 Å². The van der Waals surface area contributed by atoms with Gasteiger partial charge in [0.15, 0.2) is 5.96 Å². The van der Waals surface area contributed by atoms with Gasteiger partial charge in [-0.15, -0.1) is 0 Å². The molecule has 1 atom stereocenters. The molecule has 3 rings (SSSR count). The molecule has 1 aromatic carbocycles. The van der Waals surface area contributed by atoms with Crippen LogP contribution in [0.5, 0.6) is 5.75 Å². The molecule has 0 saturated carbocycles. The highest BCUT2D eigenvalue weighted by atomic mass is 16.5. The zero-order valence-corrected chi connectivity index (χ0v) is 16.5. The molecular formula is C21H32N4O2. The summed E-state index contributed by atoms with van der Waals surface area (Å²) < 4.78 is 10.9. The van der Waals surface area contributed by atoms with Gasteiger partial charge in [0.05, 0.1) is 26.0 Å². The first-order chi connectivity index (χ1) is 13.3. The molecule has 6 heteroatoms. The number of nitrogens with zero attached hydrogens (tertiary/aromatic N) is 2. The van der Waals surface area contributed by atoms with Crippen molar-refractivity contribution in [3.8, 4) is 5.75 Å². The molecule has 0 aromatic heterocycles. The lowest BCUT2D eigenvalue weighted by Crippen LogP contribution is -2.51. The summed E-state index contributed by atoms with van der Waals surface area (Å²) in [7, 11) is 3.57. The number of ether oxygens (including phenoxy) is 2. The average molecular weight is 373 g/mol. The third-order valence-corrected chi connectivity index (χ3v) is 5.21. The number of aliphatic imine (C=N–C) groups is 1. The quantitative estimate of drug-likeness (QED) is 0.457. The van der Waals surface area contributed by atoms with E-state index in [4.69, 9.17) is 9.47 Å². The molecule has 2 heterocycles. The number of nitrogens with one attached hydrogen (secondary N) is 2. The van der Waals surface area contributed by atoms with E-state index in [9.17, 15) is 0 Å². The predicted octanol–water partition coefficient (Wildman–Crippen LogP) is 2.57. The minimum atomic E-state index is 0.372. The number of piperidine rings is 1. The topological polar surface area (TPSA) is 58.1 Å². The lowest BCUT2D eigenvalue weighted by molar-refractivity contribution is 0.153. The fourth-order valence-electron chi connectivity index (χ4n) is 3.73. The van der Waals surface area contributed by atoms with Crippen LogP contribution in [0.25, 0.3) is 0 Å².